The van der Waals surface area contributed by atoms with Gasteiger partial charge in [0.2, 0.25) is 5.91 Å². The minimum absolute atomic E-state index is 0.0885. The van der Waals surface area contributed by atoms with E-state index in [0.29, 0.717) is 25.1 Å². The molecule has 2 rings (SSSR count). The highest BCUT2D eigenvalue weighted by atomic mass is 16.2. The van der Waals surface area contributed by atoms with Gasteiger partial charge in [-0.3, -0.25) is 9.59 Å². The highest BCUT2D eigenvalue weighted by Crippen LogP contribution is 2.19. The van der Waals surface area contributed by atoms with Crippen molar-refractivity contribution >= 4 is 11.8 Å². The van der Waals surface area contributed by atoms with E-state index in [1.54, 1.807) is 0 Å². The van der Waals surface area contributed by atoms with Gasteiger partial charge in [-0.05, 0) is 101 Å². The van der Waals surface area contributed by atoms with Crippen molar-refractivity contribution in [3.8, 4) is 11.1 Å². The normalized spacial score (nSPS) is 11.7. The number of rotatable bonds is 20. The van der Waals surface area contributed by atoms with Gasteiger partial charge in [0.15, 0.2) is 0 Å². The maximum Gasteiger partial charge on any atom is 0.251 e. The molecule has 0 saturated heterocycles. The lowest BCUT2D eigenvalue weighted by Crippen LogP contribution is -2.41. The van der Waals surface area contributed by atoms with Crippen molar-refractivity contribution in [3.63, 3.8) is 0 Å². The Balaban J connectivity index is 1.45. The zero-order chi connectivity index (χ0) is 26.6. The monoisotopic (exact) mass is 510 g/mol. The maximum absolute atomic E-state index is 12.4. The predicted octanol–water partition coefficient (Wildman–Crippen LogP) is 2.40. The average Bonchev–Trinajstić information content (AvgIpc) is 2.93. The summed E-state index contributed by atoms with van der Waals surface area (Å²) in [4.78, 5) is 24.6. The summed E-state index contributed by atoms with van der Waals surface area (Å²) in [7, 11) is 0. The molecule has 0 spiro atoms. The van der Waals surface area contributed by atoms with Crippen LogP contribution < -0.4 is 32.7 Å². The molecule has 0 fully saturated rings. The third-order valence-corrected chi connectivity index (χ3v) is 6.16. The van der Waals surface area contributed by atoms with E-state index in [1.165, 1.54) is 0 Å². The van der Waals surface area contributed by atoms with Crippen molar-refractivity contribution in [2.24, 2.45) is 11.5 Å². The first-order valence-electron chi connectivity index (χ1n) is 13.7. The number of nitrogens with one attached hydrogen (secondary N) is 4. The molecule has 8 N–H and O–H groups in total. The molecule has 0 bridgehead atoms. The molecule has 0 saturated carbocycles. The number of unbranched alkanes of at least 4 members (excludes halogenated alkanes) is 2. The zero-order valence-electron chi connectivity index (χ0n) is 22.1. The van der Waals surface area contributed by atoms with E-state index < -0.39 is 6.04 Å². The summed E-state index contributed by atoms with van der Waals surface area (Å²) in [6.45, 7) is 5.81. The summed E-state index contributed by atoms with van der Waals surface area (Å²) in [5.41, 5.74) is 14.3. The third-order valence-electron chi connectivity index (χ3n) is 6.16. The second-order valence-electron chi connectivity index (χ2n) is 9.30. The van der Waals surface area contributed by atoms with Crippen molar-refractivity contribution in [2.45, 2.75) is 51.0 Å². The fraction of sp³-hybridized carbons (Fsp3) is 0.517. The molecule has 0 aliphatic rings. The molecule has 1 atom stereocenters. The van der Waals surface area contributed by atoms with Gasteiger partial charge in [0.25, 0.3) is 5.91 Å². The van der Waals surface area contributed by atoms with E-state index in [-0.39, 0.29) is 11.8 Å². The van der Waals surface area contributed by atoms with Gasteiger partial charge in [0, 0.05) is 18.7 Å². The highest BCUT2D eigenvalue weighted by molar-refractivity contribution is 5.94. The first-order chi connectivity index (χ1) is 18.1. The molecule has 8 heteroatoms. The van der Waals surface area contributed by atoms with E-state index in [1.807, 2.05) is 54.6 Å². The summed E-state index contributed by atoms with van der Waals surface area (Å²) in [6.07, 6.45) is 6.35. The topological polar surface area (TPSA) is 134 Å². The Morgan fingerprint density at radius 1 is 0.649 bits per heavy atom. The van der Waals surface area contributed by atoms with Gasteiger partial charge in [0.1, 0.15) is 0 Å². The van der Waals surface area contributed by atoms with Crippen molar-refractivity contribution < 1.29 is 9.59 Å². The third kappa shape index (κ3) is 13.4. The average molecular weight is 511 g/mol. The van der Waals surface area contributed by atoms with Gasteiger partial charge in [0.05, 0.1) is 6.04 Å². The number of amides is 2. The fourth-order valence-corrected chi connectivity index (χ4v) is 3.90. The van der Waals surface area contributed by atoms with Crippen molar-refractivity contribution in [3.05, 3.63) is 60.2 Å². The molecule has 1 unspecified atom stereocenters. The lowest BCUT2D eigenvalue weighted by atomic mass is 10.0. The second kappa shape index (κ2) is 19.3. The Morgan fingerprint density at radius 3 is 1.89 bits per heavy atom. The van der Waals surface area contributed by atoms with E-state index >= 15 is 0 Å². The Kier molecular flexibility index (Phi) is 15.9. The van der Waals surface area contributed by atoms with Gasteiger partial charge < -0.3 is 32.7 Å². The van der Waals surface area contributed by atoms with Gasteiger partial charge in [-0.2, -0.15) is 0 Å². The minimum Gasteiger partial charge on any atom is -0.355 e. The van der Waals surface area contributed by atoms with Crippen LogP contribution in [0.2, 0.25) is 0 Å². The largest absolute Gasteiger partial charge is 0.355 e. The van der Waals surface area contributed by atoms with Crippen LogP contribution in [0.15, 0.2) is 54.6 Å². The van der Waals surface area contributed by atoms with Crippen molar-refractivity contribution in [1.82, 2.24) is 21.3 Å². The summed E-state index contributed by atoms with van der Waals surface area (Å²) in [6, 6.07) is 17.2. The van der Waals surface area contributed by atoms with Gasteiger partial charge in [-0.1, -0.05) is 42.5 Å². The van der Waals surface area contributed by atoms with E-state index in [4.69, 9.17) is 11.5 Å². The quantitative estimate of drug-likeness (QED) is 0.152. The van der Waals surface area contributed by atoms with Gasteiger partial charge in [-0.25, -0.2) is 0 Å². The SMILES string of the molecule is NCCCNCCCCNCCCNC(=O)C(N)CCCCNC(=O)c1ccc(-c2ccccc2)cc1. The standard InChI is InChI=1S/C29H46N6O2/c30-17-8-20-32-18-6-7-19-33-21-9-23-35-29(37)27(31)12-4-5-22-34-28(36)26-15-13-25(14-16-26)24-10-2-1-3-11-24/h1-3,10-11,13-16,27,32-33H,4-9,12,17-23,30-31H2,(H,34,36)(H,35,37). The minimum atomic E-state index is -0.513. The molecular weight excluding hydrogens is 464 g/mol. The van der Waals surface area contributed by atoms with Crippen LogP contribution in [0.5, 0.6) is 0 Å². The smallest absolute Gasteiger partial charge is 0.251 e. The number of carbonyl (C=O) groups excluding carboxylic acids is 2. The van der Waals surface area contributed by atoms with Crippen LogP contribution in [0, 0.1) is 0 Å². The lowest BCUT2D eigenvalue weighted by Gasteiger charge is -2.13. The molecule has 0 aliphatic heterocycles. The summed E-state index contributed by atoms with van der Waals surface area (Å²) in [5.74, 6) is -0.194. The van der Waals surface area contributed by atoms with Gasteiger partial charge in [-0.15, -0.1) is 0 Å². The second-order valence-corrected chi connectivity index (χ2v) is 9.30. The number of carbonyl (C=O) groups is 2. The Hall–Kier alpha value is -2.78. The number of benzene rings is 2. The molecule has 0 aromatic heterocycles. The van der Waals surface area contributed by atoms with Crippen molar-refractivity contribution in [2.75, 3.05) is 45.8 Å². The van der Waals surface area contributed by atoms with E-state index in [0.717, 1.165) is 82.4 Å². The van der Waals surface area contributed by atoms with Crippen LogP contribution >= 0.6 is 0 Å². The molecule has 2 amide bonds. The first kappa shape index (κ1) is 30.4. The molecule has 0 heterocycles. The molecule has 8 nitrogen and oxygen atoms in total. The van der Waals surface area contributed by atoms with Crippen LogP contribution in [0.4, 0.5) is 0 Å². The van der Waals surface area contributed by atoms with Crippen LogP contribution in [0.3, 0.4) is 0 Å². The predicted molar refractivity (Wildman–Crippen MR) is 152 cm³/mol. The van der Waals surface area contributed by atoms with Crippen molar-refractivity contribution in [1.29, 1.82) is 0 Å². The molecule has 2 aromatic rings. The number of hydrogen-bond donors (Lipinski definition) is 6. The summed E-state index contributed by atoms with van der Waals surface area (Å²) < 4.78 is 0. The van der Waals surface area contributed by atoms with Crippen LogP contribution in [-0.4, -0.2) is 63.7 Å². The van der Waals surface area contributed by atoms with Crippen LogP contribution in [-0.2, 0) is 4.79 Å². The first-order valence-corrected chi connectivity index (χ1v) is 13.7. The molecule has 37 heavy (non-hydrogen) atoms. The molecular formula is C29H46N6O2. The highest BCUT2D eigenvalue weighted by Gasteiger charge is 2.12. The fourth-order valence-electron chi connectivity index (χ4n) is 3.90. The number of hydrogen-bond acceptors (Lipinski definition) is 6. The molecule has 2 aromatic carbocycles. The summed E-state index contributed by atoms with van der Waals surface area (Å²) in [5, 5.41) is 12.6. The molecule has 0 aliphatic carbocycles. The molecule has 204 valence electrons. The maximum atomic E-state index is 12.4. The van der Waals surface area contributed by atoms with E-state index in [9.17, 15) is 9.59 Å². The summed E-state index contributed by atoms with van der Waals surface area (Å²) >= 11 is 0. The van der Waals surface area contributed by atoms with Crippen LogP contribution in [0.25, 0.3) is 11.1 Å². The molecule has 0 radical (unpaired) electrons. The lowest BCUT2D eigenvalue weighted by molar-refractivity contribution is -0.122. The Bertz CT molecular complexity index is 876. The Labute approximate surface area is 222 Å². The van der Waals surface area contributed by atoms with Gasteiger partial charge >= 0.3 is 0 Å². The number of nitrogens with two attached hydrogens (primary N) is 2. The van der Waals surface area contributed by atoms with Crippen LogP contribution in [0.1, 0.15) is 55.3 Å². The zero-order valence-corrected chi connectivity index (χ0v) is 22.1. The van der Waals surface area contributed by atoms with E-state index in [2.05, 4.69) is 21.3 Å². The Morgan fingerprint density at radius 2 is 1.22 bits per heavy atom.